The van der Waals surface area contributed by atoms with Crippen molar-refractivity contribution in [1.82, 2.24) is 20.3 Å². The summed E-state index contributed by atoms with van der Waals surface area (Å²) in [5.41, 5.74) is 1.88. The molecule has 0 amide bonds. The van der Waals surface area contributed by atoms with Gasteiger partial charge in [0.25, 0.3) is 0 Å². The highest BCUT2D eigenvalue weighted by atomic mass is 16.3. The van der Waals surface area contributed by atoms with Crippen LogP contribution in [0.1, 0.15) is 50.4 Å². The summed E-state index contributed by atoms with van der Waals surface area (Å²) in [6.07, 6.45) is 8.55. The second-order valence-electron chi connectivity index (χ2n) is 7.52. The van der Waals surface area contributed by atoms with E-state index in [1.165, 1.54) is 12.5 Å². The fourth-order valence-electron chi connectivity index (χ4n) is 3.81. The first-order valence-corrected chi connectivity index (χ1v) is 10.7. The van der Waals surface area contributed by atoms with Crippen molar-refractivity contribution in [2.24, 2.45) is 0 Å². The maximum absolute atomic E-state index is 11.3. The Bertz CT molecular complexity index is 888. The van der Waals surface area contributed by atoms with Crippen molar-refractivity contribution in [3.8, 4) is 0 Å². The van der Waals surface area contributed by atoms with E-state index in [2.05, 4.69) is 27.4 Å². The van der Waals surface area contributed by atoms with Crippen molar-refractivity contribution in [2.75, 3.05) is 30.4 Å². The highest BCUT2D eigenvalue weighted by molar-refractivity contribution is 5.63. The average molecular weight is 413 g/mol. The number of anilines is 2. The largest absolute Gasteiger partial charge is 0.396 e. The molecule has 2 aromatic heterocycles. The number of rotatable bonds is 9. The SMILES string of the molecule is CC/C(=C/NC)c1nc(NCc2ccc(=O)[nH]c2)cc(N2CCCC[C@H]2CCO)n1. The van der Waals surface area contributed by atoms with Gasteiger partial charge in [-0.3, -0.25) is 4.79 Å². The van der Waals surface area contributed by atoms with E-state index in [1.807, 2.05) is 19.3 Å². The molecule has 1 aliphatic rings. The predicted molar refractivity (Wildman–Crippen MR) is 120 cm³/mol. The lowest BCUT2D eigenvalue weighted by molar-refractivity contribution is 0.262. The van der Waals surface area contributed by atoms with Crippen LogP contribution in [-0.2, 0) is 6.54 Å². The monoisotopic (exact) mass is 412 g/mol. The summed E-state index contributed by atoms with van der Waals surface area (Å²) in [5.74, 6) is 2.32. The molecule has 1 atom stereocenters. The smallest absolute Gasteiger partial charge is 0.247 e. The van der Waals surface area contributed by atoms with Gasteiger partial charge in [0.1, 0.15) is 11.6 Å². The number of nitrogens with one attached hydrogen (secondary N) is 3. The van der Waals surface area contributed by atoms with Gasteiger partial charge in [-0.25, -0.2) is 9.97 Å². The Kier molecular flexibility index (Phi) is 7.84. The van der Waals surface area contributed by atoms with Gasteiger partial charge in [0, 0.05) is 62.9 Å². The molecule has 1 fully saturated rings. The van der Waals surface area contributed by atoms with Gasteiger partial charge in [-0.05, 0) is 37.7 Å². The van der Waals surface area contributed by atoms with Gasteiger partial charge in [-0.2, -0.15) is 0 Å². The van der Waals surface area contributed by atoms with Gasteiger partial charge in [0.2, 0.25) is 5.56 Å². The molecule has 0 aliphatic carbocycles. The molecule has 0 spiro atoms. The van der Waals surface area contributed by atoms with E-state index >= 15 is 0 Å². The molecule has 30 heavy (non-hydrogen) atoms. The number of aromatic nitrogens is 3. The summed E-state index contributed by atoms with van der Waals surface area (Å²) in [5, 5.41) is 16.0. The van der Waals surface area contributed by atoms with Crippen LogP contribution < -0.4 is 21.1 Å². The molecule has 0 unspecified atom stereocenters. The topological polar surface area (TPSA) is 106 Å². The molecule has 4 N–H and O–H groups in total. The number of aliphatic hydroxyl groups is 1. The van der Waals surface area contributed by atoms with Crippen molar-refractivity contribution >= 4 is 17.2 Å². The molecule has 8 heteroatoms. The first-order valence-electron chi connectivity index (χ1n) is 10.7. The quantitative estimate of drug-likeness (QED) is 0.501. The zero-order chi connectivity index (χ0) is 21.3. The molecule has 0 aromatic carbocycles. The number of aromatic amines is 1. The molecule has 0 saturated carbocycles. The van der Waals surface area contributed by atoms with Crippen molar-refractivity contribution in [3.63, 3.8) is 0 Å². The summed E-state index contributed by atoms with van der Waals surface area (Å²) < 4.78 is 0. The maximum Gasteiger partial charge on any atom is 0.247 e. The van der Waals surface area contributed by atoms with Crippen LogP contribution in [0.2, 0.25) is 0 Å². The van der Waals surface area contributed by atoms with Crippen molar-refractivity contribution < 1.29 is 5.11 Å². The maximum atomic E-state index is 11.3. The summed E-state index contributed by atoms with van der Waals surface area (Å²) in [6, 6.07) is 5.59. The molecule has 1 aliphatic heterocycles. The number of hydrogen-bond acceptors (Lipinski definition) is 7. The van der Waals surface area contributed by atoms with Crippen LogP contribution in [0.5, 0.6) is 0 Å². The van der Waals surface area contributed by atoms with Gasteiger partial charge in [0.05, 0.1) is 0 Å². The number of hydrogen-bond donors (Lipinski definition) is 4. The van der Waals surface area contributed by atoms with Crippen LogP contribution in [0, 0.1) is 0 Å². The lowest BCUT2D eigenvalue weighted by Crippen LogP contribution is -2.40. The summed E-state index contributed by atoms with van der Waals surface area (Å²) in [7, 11) is 1.87. The summed E-state index contributed by atoms with van der Waals surface area (Å²) in [6.45, 7) is 3.74. The zero-order valence-corrected chi connectivity index (χ0v) is 17.8. The Morgan fingerprint density at radius 2 is 2.23 bits per heavy atom. The molecule has 1 saturated heterocycles. The minimum atomic E-state index is -0.116. The van der Waals surface area contributed by atoms with Gasteiger partial charge in [0.15, 0.2) is 5.82 Å². The third-order valence-electron chi connectivity index (χ3n) is 5.41. The fraction of sp³-hybridized carbons (Fsp3) is 0.500. The number of allylic oxidation sites excluding steroid dienone is 1. The lowest BCUT2D eigenvalue weighted by atomic mass is 9.99. The minimum Gasteiger partial charge on any atom is -0.396 e. The third kappa shape index (κ3) is 5.60. The Morgan fingerprint density at radius 3 is 2.93 bits per heavy atom. The molecular weight excluding hydrogens is 380 g/mol. The first kappa shape index (κ1) is 21.8. The van der Waals surface area contributed by atoms with E-state index in [4.69, 9.17) is 9.97 Å². The summed E-state index contributed by atoms with van der Waals surface area (Å²) in [4.78, 5) is 25.9. The predicted octanol–water partition coefficient (Wildman–Crippen LogP) is 2.49. The van der Waals surface area contributed by atoms with Crippen molar-refractivity contribution in [3.05, 3.63) is 52.3 Å². The van der Waals surface area contributed by atoms with Crippen LogP contribution >= 0.6 is 0 Å². The number of aliphatic hydroxyl groups excluding tert-OH is 1. The number of H-pyrrole nitrogens is 1. The Morgan fingerprint density at radius 1 is 1.37 bits per heavy atom. The number of pyridine rings is 1. The van der Waals surface area contributed by atoms with Crippen LogP contribution in [0.25, 0.3) is 5.57 Å². The normalized spacial score (nSPS) is 17.1. The molecule has 162 valence electrons. The molecule has 8 nitrogen and oxygen atoms in total. The lowest BCUT2D eigenvalue weighted by Gasteiger charge is -2.36. The van der Waals surface area contributed by atoms with Gasteiger partial charge in [-0.1, -0.05) is 13.0 Å². The fourth-order valence-corrected chi connectivity index (χ4v) is 3.81. The van der Waals surface area contributed by atoms with E-state index in [-0.39, 0.29) is 18.2 Å². The third-order valence-corrected chi connectivity index (χ3v) is 5.41. The van der Waals surface area contributed by atoms with Gasteiger partial charge >= 0.3 is 0 Å². The van der Waals surface area contributed by atoms with E-state index < -0.39 is 0 Å². The van der Waals surface area contributed by atoms with Gasteiger partial charge in [-0.15, -0.1) is 0 Å². The second-order valence-corrected chi connectivity index (χ2v) is 7.52. The Balaban J connectivity index is 1.92. The van der Waals surface area contributed by atoms with Crippen molar-refractivity contribution in [2.45, 2.75) is 51.6 Å². The second kappa shape index (κ2) is 10.8. The van der Waals surface area contributed by atoms with Crippen LogP contribution in [0.15, 0.2) is 35.4 Å². The molecule has 2 aromatic rings. The molecular formula is C22H32N6O2. The highest BCUT2D eigenvalue weighted by Crippen LogP contribution is 2.28. The zero-order valence-electron chi connectivity index (χ0n) is 17.8. The van der Waals surface area contributed by atoms with E-state index in [0.717, 1.165) is 55.0 Å². The highest BCUT2D eigenvalue weighted by Gasteiger charge is 2.24. The number of piperidine rings is 1. The van der Waals surface area contributed by atoms with E-state index in [9.17, 15) is 9.90 Å². The van der Waals surface area contributed by atoms with E-state index in [0.29, 0.717) is 12.4 Å². The Labute approximate surface area is 177 Å². The van der Waals surface area contributed by atoms with Crippen LogP contribution in [0.3, 0.4) is 0 Å². The average Bonchev–Trinajstić information content (AvgIpc) is 2.77. The van der Waals surface area contributed by atoms with Crippen molar-refractivity contribution in [1.29, 1.82) is 0 Å². The standard InChI is InChI=1S/C22H32N6O2/c1-3-17(15-23-2)22-26-19(24-13-16-7-8-21(30)25-14-16)12-20(27-22)28-10-5-4-6-18(28)9-11-29/h7-8,12,14-15,18,23,29H,3-6,9-11,13H2,1-2H3,(H,25,30)(H,24,26,27)/b17-15-/t18-/m0/s1. The molecule has 0 radical (unpaired) electrons. The molecule has 0 bridgehead atoms. The first-order chi connectivity index (χ1) is 14.6. The summed E-state index contributed by atoms with van der Waals surface area (Å²) >= 11 is 0. The van der Waals surface area contributed by atoms with E-state index in [1.54, 1.807) is 12.3 Å². The van der Waals surface area contributed by atoms with Crippen LogP contribution in [-0.4, -0.2) is 46.3 Å². The van der Waals surface area contributed by atoms with Crippen LogP contribution in [0.4, 0.5) is 11.6 Å². The van der Waals surface area contributed by atoms with Gasteiger partial charge < -0.3 is 25.6 Å². The minimum absolute atomic E-state index is 0.116. The molecule has 3 rings (SSSR count). The molecule has 3 heterocycles. The Hall–Kier alpha value is -2.87. The number of nitrogens with zero attached hydrogens (tertiary/aromatic N) is 3.